The molecule has 5 aromatic carbocycles. The van der Waals surface area contributed by atoms with Crippen LogP contribution >= 0.6 is 67.6 Å². The number of nitrogens with one attached hydrogen (secondary N) is 3. The standard InChI is InChI=1S/C18H18N2O5S2.C16H23NO3S.C12H15NO3S.C6H4ClNO2S.2H2/c21-17(22)11-19-18(23)14(10-13-6-2-1-3-7-13)12-26-27-16-9-5-4-8-15(16)20(24)25;1-16(2,3)21-11-13(15(20)17-10-14(18)19)9-12-7-5-4-6-8-12;14-11(15)7-13-12(16)10(8-17)6-9-4-2-1-3-5-9;7-11-6-4-2-1-3-5(6)8(9)10;;/h1-9,14H,10-12H2,(H,19,23)(H,21,22);4-8,13H,9-11H2,1-3H3,(H,17,20)(H,18,19);1-5,10,17H,6-8H2,(H,13,16)(H,14,15);1-4H;2*1H/i2D;5D;2D;;1+2D;1+2. The molecule has 3 amide bonds. The van der Waals surface area contributed by atoms with Crippen molar-refractivity contribution < 1.29 is 62.4 Å². The Morgan fingerprint density at radius 2 is 0.974 bits per heavy atom. The molecule has 0 heterocycles. The van der Waals surface area contributed by atoms with Gasteiger partial charge in [-0.1, -0.05) is 158 Å². The van der Waals surface area contributed by atoms with Gasteiger partial charge in [-0.2, -0.15) is 24.4 Å². The minimum atomic E-state index is -1.14. The second-order valence-corrected chi connectivity index (χ2v) is 22.4. The maximum atomic E-state index is 12.4. The van der Waals surface area contributed by atoms with Crippen molar-refractivity contribution in [3.8, 4) is 0 Å². The Balaban J connectivity index is 0.00000110. The number of hydrogen-bond acceptors (Lipinski definition) is 15. The Morgan fingerprint density at radius 3 is 1.33 bits per heavy atom. The molecule has 0 fully saturated rings. The number of nitro benzene ring substituents is 2. The summed E-state index contributed by atoms with van der Waals surface area (Å²) < 4.78 is 32.8. The molecule has 24 heteroatoms. The molecule has 0 aromatic heterocycles. The summed E-state index contributed by atoms with van der Waals surface area (Å²) >= 11 is 5.77. The van der Waals surface area contributed by atoms with E-state index >= 15 is 0 Å². The van der Waals surface area contributed by atoms with Crippen molar-refractivity contribution in [2.75, 3.05) is 36.9 Å². The third-order valence-electron chi connectivity index (χ3n) is 9.68. The summed E-state index contributed by atoms with van der Waals surface area (Å²) in [5.41, 5.74) is 2.62. The van der Waals surface area contributed by atoms with E-state index in [4.69, 9.17) is 33.1 Å². The Hall–Kier alpha value is -6.24. The first-order valence-corrected chi connectivity index (χ1v) is 28.3. The molecule has 0 aliphatic heterocycles. The van der Waals surface area contributed by atoms with Crippen LogP contribution in [0.5, 0.6) is 0 Å². The van der Waals surface area contributed by atoms with Gasteiger partial charge in [0.05, 0.1) is 36.6 Å². The molecule has 6 N–H and O–H groups in total. The minimum Gasteiger partial charge on any atom is -0.480 e. The number of carbonyl (C=O) groups excluding carboxylic acids is 3. The van der Waals surface area contributed by atoms with Gasteiger partial charge in [-0.15, -0.1) is 0 Å². The van der Waals surface area contributed by atoms with Gasteiger partial charge in [-0.05, 0) is 69.7 Å². The molecule has 0 aliphatic rings. The molecule has 0 saturated carbocycles. The lowest BCUT2D eigenvalue weighted by Gasteiger charge is -2.22. The third-order valence-corrected chi connectivity index (χ3v) is 15.0. The molecule has 0 saturated heterocycles. The van der Waals surface area contributed by atoms with Crippen molar-refractivity contribution in [1.29, 1.82) is 0 Å². The summed E-state index contributed by atoms with van der Waals surface area (Å²) in [5, 5.41) is 54.5. The lowest BCUT2D eigenvalue weighted by Crippen LogP contribution is -2.37. The fourth-order valence-electron chi connectivity index (χ4n) is 6.02. The number of carboxylic acid groups (broad SMARTS) is 3. The average Bonchev–Trinajstić information content (AvgIpc) is 3.42. The summed E-state index contributed by atoms with van der Waals surface area (Å²) in [6, 6.07) is 34.6. The first-order chi connectivity index (χ1) is 38.3. The predicted molar refractivity (Wildman–Crippen MR) is 309 cm³/mol. The van der Waals surface area contributed by atoms with Crippen LogP contribution in [-0.4, -0.2) is 102 Å². The fraction of sp³-hybridized carbons (Fsp3) is 0.308. The predicted octanol–water partition coefficient (Wildman–Crippen LogP) is 10.3. The highest BCUT2D eigenvalue weighted by Crippen LogP contribution is 2.38. The maximum Gasteiger partial charge on any atom is 0.322 e. The van der Waals surface area contributed by atoms with Crippen LogP contribution in [0.1, 0.15) is 46.0 Å². The van der Waals surface area contributed by atoms with E-state index in [0.717, 1.165) is 27.7 Å². The van der Waals surface area contributed by atoms with Gasteiger partial charge >= 0.3 is 17.9 Å². The minimum absolute atomic E-state index is 0. The van der Waals surface area contributed by atoms with E-state index in [0.29, 0.717) is 64.4 Å². The lowest BCUT2D eigenvalue weighted by molar-refractivity contribution is -0.387. The van der Waals surface area contributed by atoms with E-state index in [1.165, 1.54) is 33.7 Å². The summed E-state index contributed by atoms with van der Waals surface area (Å²) in [7, 11) is 8.73. The number of amides is 3. The van der Waals surface area contributed by atoms with Crippen LogP contribution in [0.3, 0.4) is 0 Å². The molecule has 0 radical (unpaired) electrons. The molecule has 5 rings (SSSR count). The first kappa shape index (κ1) is 59.0. The van der Waals surface area contributed by atoms with Crippen LogP contribution in [0.4, 0.5) is 11.4 Å². The molecule has 3 atom stereocenters. The third kappa shape index (κ3) is 28.6. The highest BCUT2D eigenvalue weighted by atomic mass is 35.7. The van der Waals surface area contributed by atoms with Gasteiger partial charge in [-0.3, -0.25) is 49.0 Å². The second kappa shape index (κ2) is 36.7. The Labute approximate surface area is 476 Å². The van der Waals surface area contributed by atoms with E-state index in [9.17, 15) is 49.0 Å². The monoisotopic (exact) mass is 1170 g/mol. The average molecular weight is 1170 g/mol. The van der Waals surface area contributed by atoms with Crippen molar-refractivity contribution in [3.05, 3.63) is 176 Å². The summed E-state index contributed by atoms with van der Waals surface area (Å²) in [6.07, 6.45) is 1.28. The number of rotatable bonds is 25. The van der Waals surface area contributed by atoms with Crippen molar-refractivity contribution in [2.24, 2.45) is 17.8 Å². The quantitative estimate of drug-likeness (QED) is 0.0124. The van der Waals surface area contributed by atoms with Crippen LogP contribution in [0, 0.1) is 38.0 Å². The first-order valence-electron chi connectivity index (χ1n) is 25.3. The van der Waals surface area contributed by atoms with Crippen LogP contribution in [0.25, 0.3) is 0 Å². The molecular weight excluding hydrogens is 1100 g/mol. The van der Waals surface area contributed by atoms with Gasteiger partial charge in [0.2, 0.25) is 17.7 Å². The topological polar surface area (TPSA) is 285 Å². The molecule has 76 heavy (non-hydrogen) atoms. The number of carboxylic acids is 3. The molecular formula is C52H64ClN5O13S5. The van der Waals surface area contributed by atoms with Gasteiger partial charge in [-0.25, -0.2) is 0 Å². The second-order valence-electron chi connectivity index (χ2n) is 16.8. The molecule has 412 valence electrons. The number of hydrogen-bond donors (Lipinski definition) is 7. The maximum absolute atomic E-state index is 12.4. The molecule has 0 aliphatic carbocycles. The number of nitrogens with zero attached hydrogens (tertiary/aromatic N) is 2. The van der Waals surface area contributed by atoms with E-state index in [1.54, 1.807) is 109 Å². The Kier molecular flexibility index (Phi) is 28.5. The van der Waals surface area contributed by atoms with Gasteiger partial charge in [0.25, 0.3) is 11.4 Å². The van der Waals surface area contributed by atoms with Gasteiger partial charge in [0.1, 0.15) is 24.5 Å². The van der Waals surface area contributed by atoms with Crippen LogP contribution in [0.2, 0.25) is 0 Å². The number of halogens is 1. The number of carbonyl (C=O) groups is 6. The molecule has 0 spiro atoms. The van der Waals surface area contributed by atoms with E-state index in [1.807, 2.05) is 12.1 Å². The highest BCUT2D eigenvalue weighted by Gasteiger charge is 2.24. The molecule has 18 nitrogen and oxygen atoms in total. The lowest BCUT2D eigenvalue weighted by atomic mass is 10.0. The van der Waals surface area contributed by atoms with Gasteiger partial charge in [0, 0.05) is 38.5 Å². The number of benzene rings is 5. The SMILES string of the molecule is O=[N+]([O-])c1ccccc1SCl.[2H][3H].[2H]c1cccc(CC(CS)C(=O)NCC(=O)O)c1.[2H]c1cccc(CC(CSC(C)(C)C)C(=O)NCC(=O)O)c1.[2H]c1cccc(CC(CSSc2ccccc2[N+](=O)[O-])C(=O)NCC(=O)O)c1.[3HH]. The van der Waals surface area contributed by atoms with E-state index < -0.39 is 52.0 Å². The summed E-state index contributed by atoms with van der Waals surface area (Å²) in [5.74, 6) is -4.25. The Morgan fingerprint density at radius 1 is 0.618 bits per heavy atom. The van der Waals surface area contributed by atoms with Crippen molar-refractivity contribution in [3.63, 3.8) is 0 Å². The molecule has 3 unspecified atom stereocenters. The van der Waals surface area contributed by atoms with Crippen molar-refractivity contribution in [2.45, 2.75) is 54.6 Å². The van der Waals surface area contributed by atoms with Crippen LogP contribution in [-0.2, 0) is 48.0 Å². The number of para-hydroxylation sites is 2. The van der Waals surface area contributed by atoms with E-state index in [2.05, 4.69) is 49.4 Å². The Bertz CT molecular complexity index is 2850. The zero-order chi connectivity index (χ0) is 61.1. The molecule has 5 aromatic rings. The summed E-state index contributed by atoms with van der Waals surface area (Å²) in [6.45, 7) is 5.00. The number of aliphatic carboxylic acids is 3. The molecule has 0 bridgehead atoms. The largest absolute Gasteiger partial charge is 0.480 e. The van der Waals surface area contributed by atoms with Crippen molar-refractivity contribution in [1.82, 2.24) is 16.0 Å². The number of nitro groups is 2. The zero-order valence-electron chi connectivity index (χ0n) is 46.4. The summed E-state index contributed by atoms with van der Waals surface area (Å²) in [4.78, 5) is 89.4. The van der Waals surface area contributed by atoms with Crippen molar-refractivity contribution >= 4 is 115 Å². The van der Waals surface area contributed by atoms with E-state index in [-0.39, 0.29) is 48.4 Å². The van der Waals surface area contributed by atoms with Gasteiger partial charge < -0.3 is 31.3 Å². The highest BCUT2D eigenvalue weighted by molar-refractivity contribution is 8.76. The van der Waals surface area contributed by atoms with Crippen LogP contribution in [0.15, 0.2) is 149 Å². The smallest absolute Gasteiger partial charge is 0.322 e. The number of thiol groups is 1. The fourth-order valence-corrected chi connectivity index (χ4v) is 10.5. The normalized spacial score (nSPS) is 12.3. The van der Waals surface area contributed by atoms with Crippen LogP contribution < -0.4 is 16.0 Å². The number of thioether (sulfide) groups is 1. The zero-order valence-corrected chi connectivity index (χ0v) is 46.3. The van der Waals surface area contributed by atoms with Gasteiger partial charge in [0.15, 0.2) is 0 Å².